The van der Waals surface area contributed by atoms with Gasteiger partial charge in [-0.3, -0.25) is 4.79 Å². The second-order valence-corrected chi connectivity index (χ2v) is 6.45. The van der Waals surface area contributed by atoms with Crippen LogP contribution in [0.1, 0.15) is 18.9 Å². The fraction of sp³-hybridized carbons (Fsp3) is 0.381. The number of hydrogen-bond acceptors (Lipinski definition) is 4. The summed E-state index contributed by atoms with van der Waals surface area (Å²) < 4.78 is 24.0. The Balaban J connectivity index is 1.51. The highest BCUT2D eigenvalue weighted by Crippen LogP contribution is 2.17. The smallest absolute Gasteiger partial charge is 0.261 e. The van der Waals surface area contributed by atoms with Crippen LogP contribution in [0.25, 0.3) is 0 Å². The first-order chi connectivity index (χ1) is 13.2. The Morgan fingerprint density at radius 1 is 1.15 bits per heavy atom. The number of nitrogens with one attached hydrogen (secondary N) is 1. The predicted octanol–water partition coefficient (Wildman–Crippen LogP) is 3.14. The van der Waals surface area contributed by atoms with E-state index < -0.39 is 6.10 Å². The first kappa shape index (κ1) is 19.2. The molecule has 1 aliphatic heterocycles. The van der Waals surface area contributed by atoms with Crippen LogP contribution in [0, 0.1) is 5.82 Å². The standard InChI is InChI=1S/C21H25FN2O3/c1-2-20(27-19-9-5-17(22)6-10-19)21(25)23-15-16-3-7-18(8-4-16)24-11-13-26-14-12-24/h3-10,20H,2,11-15H2,1H3,(H,23,25)/t20-/m0/s1. The third-order valence-corrected chi connectivity index (χ3v) is 4.53. The number of benzene rings is 2. The number of anilines is 1. The van der Waals surface area contributed by atoms with Crippen LogP contribution in [0.15, 0.2) is 48.5 Å². The van der Waals surface area contributed by atoms with Crippen LogP contribution in [0.5, 0.6) is 5.75 Å². The maximum atomic E-state index is 13.0. The summed E-state index contributed by atoms with van der Waals surface area (Å²) in [6.45, 7) is 5.62. The average Bonchev–Trinajstić information content (AvgIpc) is 2.72. The molecule has 2 aromatic carbocycles. The quantitative estimate of drug-likeness (QED) is 0.811. The Morgan fingerprint density at radius 2 is 1.81 bits per heavy atom. The number of morpholine rings is 1. The highest BCUT2D eigenvalue weighted by molar-refractivity contribution is 5.81. The SMILES string of the molecule is CC[C@H](Oc1ccc(F)cc1)C(=O)NCc1ccc(N2CCOCC2)cc1. The number of nitrogens with zero attached hydrogens (tertiary/aromatic N) is 1. The van der Waals surface area contributed by atoms with Crippen molar-refractivity contribution in [2.24, 2.45) is 0 Å². The topological polar surface area (TPSA) is 50.8 Å². The second-order valence-electron chi connectivity index (χ2n) is 6.45. The summed E-state index contributed by atoms with van der Waals surface area (Å²) in [4.78, 5) is 14.7. The fourth-order valence-electron chi connectivity index (χ4n) is 2.95. The summed E-state index contributed by atoms with van der Waals surface area (Å²) in [7, 11) is 0. The Hall–Kier alpha value is -2.60. The van der Waals surface area contributed by atoms with Crippen LogP contribution in [-0.4, -0.2) is 38.3 Å². The molecule has 1 heterocycles. The molecule has 3 rings (SSSR count). The molecule has 1 saturated heterocycles. The zero-order valence-electron chi connectivity index (χ0n) is 15.5. The van der Waals surface area contributed by atoms with E-state index >= 15 is 0 Å². The molecule has 5 nitrogen and oxygen atoms in total. The van der Waals surface area contributed by atoms with Crippen LogP contribution in [-0.2, 0) is 16.1 Å². The zero-order chi connectivity index (χ0) is 19.1. The Labute approximate surface area is 159 Å². The number of ether oxygens (including phenoxy) is 2. The van der Waals surface area contributed by atoms with Crippen LogP contribution in [0.2, 0.25) is 0 Å². The maximum absolute atomic E-state index is 13.0. The Morgan fingerprint density at radius 3 is 2.44 bits per heavy atom. The van der Waals surface area contributed by atoms with Crippen molar-refractivity contribution in [2.45, 2.75) is 26.0 Å². The molecule has 1 amide bonds. The van der Waals surface area contributed by atoms with E-state index in [9.17, 15) is 9.18 Å². The molecule has 144 valence electrons. The Bertz CT molecular complexity index is 728. The van der Waals surface area contributed by atoms with Gasteiger partial charge >= 0.3 is 0 Å². The third kappa shape index (κ3) is 5.44. The molecular weight excluding hydrogens is 347 g/mol. The molecule has 0 aliphatic carbocycles. The molecule has 1 N–H and O–H groups in total. The van der Waals surface area contributed by atoms with Gasteiger partial charge in [-0.2, -0.15) is 0 Å². The zero-order valence-corrected chi connectivity index (χ0v) is 15.5. The van der Waals surface area contributed by atoms with Gasteiger partial charge in [-0.25, -0.2) is 4.39 Å². The highest BCUT2D eigenvalue weighted by atomic mass is 19.1. The van der Waals surface area contributed by atoms with Crippen molar-refractivity contribution in [3.8, 4) is 5.75 Å². The highest BCUT2D eigenvalue weighted by Gasteiger charge is 2.18. The molecule has 0 radical (unpaired) electrons. The lowest BCUT2D eigenvalue weighted by Crippen LogP contribution is -2.37. The maximum Gasteiger partial charge on any atom is 0.261 e. The van der Waals surface area contributed by atoms with Crippen LogP contribution in [0.3, 0.4) is 0 Å². The lowest BCUT2D eigenvalue weighted by molar-refractivity contribution is -0.128. The molecule has 0 aromatic heterocycles. The number of amides is 1. The summed E-state index contributed by atoms with van der Waals surface area (Å²) >= 11 is 0. The van der Waals surface area contributed by atoms with Crippen LogP contribution in [0.4, 0.5) is 10.1 Å². The molecule has 0 saturated carbocycles. The molecule has 6 heteroatoms. The van der Waals surface area contributed by atoms with E-state index in [4.69, 9.17) is 9.47 Å². The molecule has 1 aliphatic rings. The van der Waals surface area contributed by atoms with Gasteiger partial charge < -0.3 is 19.7 Å². The molecular formula is C21H25FN2O3. The van der Waals surface area contributed by atoms with E-state index in [1.807, 2.05) is 19.1 Å². The van der Waals surface area contributed by atoms with Gasteiger partial charge in [0.2, 0.25) is 0 Å². The van der Waals surface area contributed by atoms with E-state index in [-0.39, 0.29) is 11.7 Å². The second kappa shape index (κ2) is 9.37. The monoisotopic (exact) mass is 372 g/mol. The van der Waals surface area contributed by atoms with E-state index in [1.165, 1.54) is 30.0 Å². The van der Waals surface area contributed by atoms with Crippen molar-refractivity contribution in [2.75, 3.05) is 31.2 Å². The molecule has 0 spiro atoms. The summed E-state index contributed by atoms with van der Waals surface area (Å²) in [6, 6.07) is 13.9. The van der Waals surface area contributed by atoms with Gasteiger partial charge in [0, 0.05) is 25.3 Å². The third-order valence-electron chi connectivity index (χ3n) is 4.53. The number of carbonyl (C=O) groups excluding carboxylic acids is 1. The van der Waals surface area contributed by atoms with Crippen LogP contribution >= 0.6 is 0 Å². The predicted molar refractivity (Wildman–Crippen MR) is 102 cm³/mol. The Kier molecular flexibility index (Phi) is 6.65. The number of halogens is 1. The van der Waals surface area contributed by atoms with E-state index in [0.29, 0.717) is 18.7 Å². The van der Waals surface area contributed by atoms with Crippen molar-refractivity contribution in [1.82, 2.24) is 5.32 Å². The summed E-state index contributed by atoms with van der Waals surface area (Å²) in [6.07, 6.45) is -0.0813. The normalized spacial score (nSPS) is 15.3. The van der Waals surface area contributed by atoms with Crippen LogP contribution < -0.4 is 15.0 Å². The van der Waals surface area contributed by atoms with Gasteiger partial charge in [0.05, 0.1) is 13.2 Å². The van der Waals surface area contributed by atoms with E-state index in [2.05, 4.69) is 22.3 Å². The minimum atomic E-state index is -0.608. The fourth-order valence-corrected chi connectivity index (χ4v) is 2.95. The first-order valence-corrected chi connectivity index (χ1v) is 9.27. The molecule has 27 heavy (non-hydrogen) atoms. The minimum Gasteiger partial charge on any atom is -0.481 e. The molecule has 2 aromatic rings. The van der Waals surface area contributed by atoms with E-state index in [0.717, 1.165) is 31.9 Å². The van der Waals surface area contributed by atoms with Crippen molar-refractivity contribution < 1.29 is 18.7 Å². The first-order valence-electron chi connectivity index (χ1n) is 9.27. The summed E-state index contributed by atoms with van der Waals surface area (Å²) in [5.74, 6) is -0.0345. The number of hydrogen-bond donors (Lipinski definition) is 1. The molecule has 0 bridgehead atoms. The molecule has 0 unspecified atom stereocenters. The molecule has 1 fully saturated rings. The van der Waals surface area contributed by atoms with E-state index in [1.54, 1.807) is 0 Å². The minimum absolute atomic E-state index is 0.181. The lowest BCUT2D eigenvalue weighted by Gasteiger charge is -2.29. The molecule has 1 atom stereocenters. The number of carbonyl (C=O) groups is 1. The summed E-state index contributed by atoms with van der Waals surface area (Å²) in [5.41, 5.74) is 2.19. The van der Waals surface area contributed by atoms with Gasteiger partial charge in [0.15, 0.2) is 6.10 Å². The largest absolute Gasteiger partial charge is 0.481 e. The lowest BCUT2D eigenvalue weighted by atomic mass is 10.1. The van der Waals surface area contributed by atoms with Gasteiger partial charge in [-0.1, -0.05) is 19.1 Å². The van der Waals surface area contributed by atoms with Crippen molar-refractivity contribution in [1.29, 1.82) is 0 Å². The van der Waals surface area contributed by atoms with Gasteiger partial charge in [-0.05, 0) is 48.4 Å². The number of rotatable bonds is 7. The van der Waals surface area contributed by atoms with Crippen molar-refractivity contribution in [3.05, 3.63) is 59.9 Å². The van der Waals surface area contributed by atoms with Crippen molar-refractivity contribution in [3.63, 3.8) is 0 Å². The summed E-state index contributed by atoms with van der Waals surface area (Å²) in [5, 5.41) is 2.91. The average molecular weight is 372 g/mol. The van der Waals surface area contributed by atoms with Gasteiger partial charge in [0.1, 0.15) is 11.6 Å². The van der Waals surface area contributed by atoms with Crippen molar-refractivity contribution >= 4 is 11.6 Å². The van der Waals surface area contributed by atoms with Gasteiger partial charge in [0.25, 0.3) is 5.91 Å². The van der Waals surface area contributed by atoms with Gasteiger partial charge in [-0.15, -0.1) is 0 Å².